The first-order valence-corrected chi connectivity index (χ1v) is 8.43. The summed E-state index contributed by atoms with van der Waals surface area (Å²) in [5, 5.41) is 3.53. The number of benzene rings is 1. The molecule has 1 aromatic carbocycles. The molecule has 0 radical (unpaired) electrons. The van der Waals surface area contributed by atoms with Crippen molar-refractivity contribution in [2.45, 2.75) is 25.4 Å². The summed E-state index contributed by atoms with van der Waals surface area (Å²) in [4.78, 5) is 9.11. The smallest absolute Gasteiger partial charge is 0.193 e. The Morgan fingerprint density at radius 2 is 2.12 bits per heavy atom. The number of hydrogen-bond donors (Lipinski definition) is 1. The van der Waals surface area contributed by atoms with Crippen molar-refractivity contribution in [3.63, 3.8) is 0 Å². The molecule has 1 heterocycles. The number of nitrogens with zero attached hydrogens (tertiary/aromatic N) is 3. The van der Waals surface area contributed by atoms with Gasteiger partial charge in [0.25, 0.3) is 0 Å². The van der Waals surface area contributed by atoms with Crippen molar-refractivity contribution < 1.29 is 4.74 Å². The van der Waals surface area contributed by atoms with Crippen LogP contribution in [0.5, 0.6) is 0 Å². The van der Waals surface area contributed by atoms with Gasteiger partial charge >= 0.3 is 0 Å². The van der Waals surface area contributed by atoms with Gasteiger partial charge in [-0.1, -0.05) is 30.3 Å². The maximum atomic E-state index is 5.21. The number of hydrogen-bond acceptors (Lipinski definition) is 3. The number of likely N-dealkylation sites (tertiary alicyclic amines) is 1. The van der Waals surface area contributed by atoms with Crippen molar-refractivity contribution in [1.82, 2.24) is 15.1 Å². The van der Waals surface area contributed by atoms with Crippen LogP contribution in [0.15, 0.2) is 35.3 Å². The lowest BCUT2D eigenvalue weighted by atomic mass is 10.2. The van der Waals surface area contributed by atoms with E-state index in [1.54, 1.807) is 7.11 Å². The zero-order valence-electron chi connectivity index (χ0n) is 15.1. The first-order chi connectivity index (χ1) is 11.2. The van der Waals surface area contributed by atoms with Crippen LogP contribution in [-0.2, 0) is 11.3 Å². The Morgan fingerprint density at radius 3 is 2.79 bits per heavy atom. The molecule has 1 N–H and O–H groups in total. The van der Waals surface area contributed by atoms with Crippen LogP contribution in [0, 0.1) is 0 Å². The fraction of sp³-hybridized carbons (Fsp3) is 0.611. The maximum absolute atomic E-state index is 5.21. The summed E-state index contributed by atoms with van der Waals surface area (Å²) in [6.45, 7) is 4.79. The average molecular weight is 446 g/mol. The van der Waals surface area contributed by atoms with Crippen LogP contribution in [0.4, 0.5) is 0 Å². The second kappa shape index (κ2) is 11.7. The molecule has 0 aliphatic carbocycles. The Balaban J connectivity index is 0.00000288. The molecule has 136 valence electrons. The molecule has 24 heavy (non-hydrogen) atoms. The quantitative estimate of drug-likeness (QED) is 0.397. The van der Waals surface area contributed by atoms with Gasteiger partial charge in [0.1, 0.15) is 0 Å². The van der Waals surface area contributed by atoms with Crippen LogP contribution in [0.3, 0.4) is 0 Å². The molecule has 1 aliphatic rings. The second-order valence-corrected chi connectivity index (χ2v) is 6.09. The lowest BCUT2D eigenvalue weighted by Gasteiger charge is -2.27. The summed E-state index contributed by atoms with van der Waals surface area (Å²) in [6, 6.07) is 11.1. The first-order valence-electron chi connectivity index (χ1n) is 8.43. The molecule has 0 spiro atoms. The van der Waals surface area contributed by atoms with Gasteiger partial charge in [0.05, 0.1) is 6.61 Å². The minimum absolute atomic E-state index is 0. The highest BCUT2D eigenvalue weighted by Gasteiger charge is 2.24. The van der Waals surface area contributed by atoms with Crippen LogP contribution in [0.2, 0.25) is 0 Å². The summed E-state index contributed by atoms with van der Waals surface area (Å²) in [5.41, 5.74) is 1.29. The number of rotatable bonds is 7. The molecular formula is C18H31IN4O. The van der Waals surface area contributed by atoms with Crippen LogP contribution >= 0.6 is 24.0 Å². The highest BCUT2D eigenvalue weighted by molar-refractivity contribution is 14.0. The van der Waals surface area contributed by atoms with Gasteiger partial charge in [-0.3, -0.25) is 9.89 Å². The standard InChI is InChI=1S/C18H30N4O.HI/c1-19-18(21(2)15-16-8-5-4-6-9-16)20-14-17-10-7-11-22(17)12-13-23-3;/h4-6,8-9,17H,7,10-15H2,1-3H3,(H,19,20);1H. The number of halogens is 1. The Morgan fingerprint density at radius 1 is 1.38 bits per heavy atom. The monoisotopic (exact) mass is 446 g/mol. The van der Waals surface area contributed by atoms with Gasteiger partial charge in [0.15, 0.2) is 5.96 Å². The minimum Gasteiger partial charge on any atom is -0.383 e. The molecule has 0 amide bonds. The van der Waals surface area contributed by atoms with Gasteiger partial charge < -0.3 is 15.0 Å². The van der Waals surface area contributed by atoms with Crippen molar-refractivity contribution in [3.05, 3.63) is 35.9 Å². The molecule has 1 saturated heterocycles. The van der Waals surface area contributed by atoms with E-state index in [9.17, 15) is 0 Å². The van der Waals surface area contributed by atoms with E-state index in [0.717, 1.165) is 32.2 Å². The average Bonchev–Trinajstić information content (AvgIpc) is 3.02. The summed E-state index contributed by atoms with van der Waals surface area (Å²) in [6.07, 6.45) is 2.52. The van der Waals surface area contributed by atoms with E-state index in [-0.39, 0.29) is 24.0 Å². The molecule has 6 heteroatoms. The third-order valence-corrected chi connectivity index (χ3v) is 4.41. The van der Waals surface area contributed by atoms with Gasteiger partial charge in [0, 0.05) is 46.9 Å². The third kappa shape index (κ3) is 6.57. The van der Waals surface area contributed by atoms with E-state index in [4.69, 9.17) is 4.74 Å². The normalized spacial score (nSPS) is 18.3. The van der Waals surface area contributed by atoms with E-state index >= 15 is 0 Å². The maximum Gasteiger partial charge on any atom is 0.193 e. The third-order valence-electron chi connectivity index (χ3n) is 4.41. The number of nitrogens with one attached hydrogen (secondary N) is 1. The summed E-state index contributed by atoms with van der Waals surface area (Å²) in [5.74, 6) is 0.951. The van der Waals surface area contributed by atoms with E-state index < -0.39 is 0 Å². The zero-order valence-corrected chi connectivity index (χ0v) is 17.4. The van der Waals surface area contributed by atoms with Crippen LogP contribution in [0.25, 0.3) is 0 Å². The van der Waals surface area contributed by atoms with Gasteiger partial charge in [-0.05, 0) is 24.9 Å². The SMILES string of the molecule is CN=C(NCC1CCCN1CCOC)N(C)Cc1ccccc1.I. The van der Waals surface area contributed by atoms with E-state index in [1.165, 1.54) is 24.9 Å². The zero-order chi connectivity index (χ0) is 16.5. The fourth-order valence-corrected chi connectivity index (χ4v) is 3.16. The molecule has 5 nitrogen and oxygen atoms in total. The van der Waals surface area contributed by atoms with Crippen LogP contribution < -0.4 is 5.32 Å². The van der Waals surface area contributed by atoms with Crippen molar-refractivity contribution in [3.8, 4) is 0 Å². The van der Waals surface area contributed by atoms with Crippen molar-refractivity contribution in [2.75, 3.05) is 47.4 Å². The largest absolute Gasteiger partial charge is 0.383 e. The molecule has 1 aliphatic heterocycles. The predicted octanol–water partition coefficient (Wildman–Crippen LogP) is 2.42. The molecule has 0 saturated carbocycles. The molecule has 1 fully saturated rings. The van der Waals surface area contributed by atoms with Gasteiger partial charge in [0.2, 0.25) is 0 Å². The molecule has 1 atom stereocenters. The first kappa shape index (κ1) is 21.2. The molecular weight excluding hydrogens is 415 g/mol. The lowest BCUT2D eigenvalue weighted by molar-refractivity contribution is 0.141. The number of guanidine groups is 1. The Hall–Kier alpha value is -0.860. The molecule has 0 aromatic heterocycles. The highest BCUT2D eigenvalue weighted by Crippen LogP contribution is 2.16. The lowest BCUT2D eigenvalue weighted by Crippen LogP contribution is -2.45. The molecule has 1 aromatic rings. The van der Waals surface area contributed by atoms with Crippen molar-refractivity contribution >= 4 is 29.9 Å². The van der Waals surface area contributed by atoms with Crippen LogP contribution in [-0.4, -0.2) is 69.2 Å². The summed E-state index contributed by atoms with van der Waals surface area (Å²) in [7, 11) is 5.70. The fourth-order valence-electron chi connectivity index (χ4n) is 3.16. The Labute approximate surface area is 163 Å². The van der Waals surface area contributed by atoms with E-state index in [2.05, 4.69) is 51.4 Å². The second-order valence-electron chi connectivity index (χ2n) is 6.09. The number of aliphatic imine (C=N–C) groups is 1. The minimum atomic E-state index is 0. The van der Waals surface area contributed by atoms with Gasteiger partial charge in [-0.2, -0.15) is 0 Å². The van der Waals surface area contributed by atoms with Gasteiger partial charge in [-0.25, -0.2) is 0 Å². The van der Waals surface area contributed by atoms with Crippen molar-refractivity contribution in [1.29, 1.82) is 0 Å². The Kier molecular flexibility index (Phi) is 10.3. The molecule has 0 bridgehead atoms. The topological polar surface area (TPSA) is 40.1 Å². The summed E-state index contributed by atoms with van der Waals surface area (Å²) >= 11 is 0. The van der Waals surface area contributed by atoms with E-state index in [1.807, 2.05) is 13.1 Å². The highest BCUT2D eigenvalue weighted by atomic mass is 127. The summed E-state index contributed by atoms with van der Waals surface area (Å²) < 4.78 is 5.21. The van der Waals surface area contributed by atoms with Gasteiger partial charge in [-0.15, -0.1) is 24.0 Å². The van der Waals surface area contributed by atoms with E-state index in [0.29, 0.717) is 6.04 Å². The Bertz CT molecular complexity index is 483. The van der Waals surface area contributed by atoms with Crippen molar-refractivity contribution in [2.24, 2.45) is 4.99 Å². The van der Waals surface area contributed by atoms with Crippen LogP contribution in [0.1, 0.15) is 18.4 Å². The molecule has 1 unspecified atom stereocenters. The number of methoxy groups -OCH3 is 1. The number of ether oxygens (including phenoxy) is 1. The molecule has 2 rings (SSSR count). The predicted molar refractivity (Wildman–Crippen MR) is 111 cm³/mol.